The van der Waals surface area contributed by atoms with Gasteiger partial charge in [-0.15, -0.1) is 0 Å². The molecular formula is C9H20N2O3. The summed E-state index contributed by atoms with van der Waals surface area (Å²) in [4.78, 5) is 13.0. The Kier molecular flexibility index (Phi) is 7.37. The van der Waals surface area contributed by atoms with Gasteiger partial charge in [-0.25, -0.2) is 0 Å². The van der Waals surface area contributed by atoms with Crippen LogP contribution < -0.4 is 5.32 Å². The van der Waals surface area contributed by atoms with Crippen LogP contribution in [-0.2, 0) is 9.53 Å². The Labute approximate surface area is 85.0 Å². The number of amides is 1. The fourth-order valence-electron chi connectivity index (χ4n) is 1.11. The lowest BCUT2D eigenvalue weighted by atomic mass is 10.3. The van der Waals surface area contributed by atoms with Gasteiger partial charge in [0.2, 0.25) is 5.91 Å². The summed E-state index contributed by atoms with van der Waals surface area (Å²) in [5, 5.41) is 11.8. The van der Waals surface area contributed by atoms with Gasteiger partial charge < -0.3 is 15.2 Å². The zero-order valence-corrected chi connectivity index (χ0v) is 9.12. The summed E-state index contributed by atoms with van der Waals surface area (Å²) in [5.74, 6) is -0.0507. The van der Waals surface area contributed by atoms with Crippen LogP contribution in [0.2, 0.25) is 0 Å². The molecule has 0 radical (unpaired) electrons. The molecule has 0 aliphatic rings. The number of nitrogens with one attached hydrogen (secondary N) is 1. The van der Waals surface area contributed by atoms with E-state index in [0.29, 0.717) is 26.2 Å². The van der Waals surface area contributed by atoms with Crippen molar-refractivity contribution in [1.29, 1.82) is 0 Å². The van der Waals surface area contributed by atoms with Crippen molar-refractivity contribution in [3.63, 3.8) is 0 Å². The highest BCUT2D eigenvalue weighted by Gasteiger charge is 2.07. The second-order valence-corrected chi connectivity index (χ2v) is 3.39. The van der Waals surface area contributed by atoms with Gasteiger partial charge in [0.25, 0.3) is 0 Å². The standard InChI is InChI=1S/C9H20N2O3/c1-8(12)6-11(2)7-9(13)10-4-5-14-3/h8,12H,4-7H2,1-3H3,(H,10,13). The number of nitrogens with zero attached hydrogens (tertiary/aromatic N) is 1. The third-order valence-electron chi connectivity index (χ3n) is 1.62. The topological polar surface area (TPSA) is 61.8 Å². The van der Waals surface area contributed by atoms with Gasteiger partial charge in [0, 0.05) is 20.2 Å². The fourth-order valence-corrected chi connectivity index (χ4v) is 1.11. The SMILES string of the molecule is COCCNC(=O)CN(C)CC(C)O. The number of hydrogen-bond acceptors (Lipinski definition) is 4. The monoisotopic (exact) mass is 204 g/mol. The quantitative estimate of drug-likeness (QED) is 0.526. The second kappa shape index (κ2) is 7.73. The van der Waals surface area contributed by atoms with Crippen molar-refractivity contribution in [3.8, 4) is 0 Å². The van der Waals surface area contributed by atoms with E-state index in [-0.39, 0.29) is 5.91 Å². The summed E-state index contributed by atoms with van der Waals surface area (Å²) >= 11 is 0. The lowest BCUT2D eigenvalue weighted by molar-refractivity contribution is -0.122. The highest BCUT2D eigenvalue weighted by molar-refractivity contribution is 5.77. The van der Waals surface area contributed by atoms with Crippen LogP contribution in [0.4, 0.5) is 0 Å². The third-order valence-corrected chi connectivity index (χ3v) is 1.62. The predicted octanol–water partition coefficient (Wildman–Crippen LogP) is -0.938. The zero-order chi connectivity index (χ0) is 11.0. The van der Waals surface area contributed by atoms with E-state index in [9.17, 15) is 4.79 Å². The molecule has 5 nitrogen and oxygen atoms in total. The third kappa shape index (κ3) is 7.97. The minimum absolute atomic E-state index is 0.0507. The molecule has 0 spiro atoms. The molecule has 1 unspecified atom stereocenters. The molecule has 84 valence electrons. The number of rotatable bonds is 7. The summed E-state index contributed by atoms with van der Waals surface area (Å²) in [6.45, 7) is 3.54. The molecule has 0 aromatic carbocycles. The number of methoxy groups -OCH3 is 1. The molecule has 1 atom stereocenters. The summed E-state index contributed by atoms with van der Waals surface area (Å²) in [6, 6.07) is 0. The normalized spacial score (nSPS) is 12.9. The van der Waals surface area contributed by atoms with E-state index in [4.69, 9.17) is 9.84 Å². The van der Waals surface area contributed by atoms with E-state index in [1.807, 2.05) is 0 Å². The van der Waals surface area contributed by atoms with Crippen LogP contribution in [0.1, 0.15) is 6.92 Å². The van der Waals surface area contributed by atoms with Gasteiger partial charge in [-0.05, 0) is 14.0 Å². The van der Waals surface area contributed by atoms with Crippen LogP contribution in [0.3, 0.4) is 0 Å². The van der Waals surface area contributed by atoms with Crippen LogP contribution >= 0.6 is 0 Å². The lowest BCUT2D eigenvalue weighted by Crippen LogP contribution is -2.39. The summed E-state index contributed by atoms with van der Waals surface area (Å²) in [7, 11) is 3.38. The van der Waals surface area contributed by atoms with E-state index in [0.717, 1.165) is 0 Å². The maximum Gasteiger partial charge on any atom is 0.234 e. The zero-order valence-electron chi connectivity index (χ0n) is 9.12. The summed E-state index contributed by atoms with van der Waals surface area (Å²) < 4.78 is 4.79. The molecule has 0 heterocycles. The van der Waals surface area contributed by atoms with Crippen LogP contribution in [0.15, 0.2) is 0 Å². The molecule has 0 saturated heterocycles. The van der Waals surface area contributed by atoms with Crippen LogP contribution in [-0.4, -0.2) is 62.4 Å². The van der Waals surface area contributed by atoms with Crippen LogP contribution in [0.25, 0.3) is 0 Å². The highest BCUT2D eigenvalue weighted by atomic mass is 16.5. The van der Waals surface area contributed by atoms with Gasteiger partial charge in [-0.3, -0.25) is 9.69 Å². The molecule has 0 aliphatic carbocycles. The van der Waals surface area contributed by atoms with Gasteiger partial charge >= 0.3 is 0 Å². The Balaban J connectivity index is 3.50. The minimum atomic E-state index is -0.410. The first-order chi connectivity index (χ1) is 6.56. The first kappa shape index (κ1) is 13.4. The molecular weight excluding hydrogens is 184 g/mol. The van der Waals surface area contributed by atoms with E-state index in [1.54, 1.807) is 26.0 Å². The Bertz CT molecular complexity index is 162. The fraction of sp³-hybridized carbons (Fsp3) is 0.889. The molecule has 0 aliphatic heterocycles. The number of aliphatic hydroxyl groups excluding tert-OH is 1. The number of likely N-dealkylation sites (N-methyl/N-ethyl adjacent to an activating group) is 1. The lowest BCUT2D eigenvalue weighted by Gasteiger charge is -2.17. The predicted molar refractivity (Wildman–Crippen MR) is 54.1 cm³/mol. The van der Waals surface area contributed by atoms with Crippen molar-refractivity contribution < 1.29 is 14.6 Å². The Morgan fingerprint density at radius 2 is 2.29 bits per heavy atom. The number of carbonyl (C=O) groups is 1. The first-order valence-electron chi connectivity index (χ1n) is 4.68. The van der Waals surface area contributed by atoms with Crippen LogP contribution in [0, 0.1) is 0 Å². The van der Waals surface area contributed by atoms with E-state index in [1.165, 1.54) is 0 Å². The molecule has 0 fully saturated rings. The molecule has 0 aromatic heterocycles. The number of ether oxygens (including phenoxy) is 1. The molecule has 1 amide bonds. The van der Waals surface area contributed by atoms with Crippen molar-refractivity contribution in [1.82, 2.24) is 10.2 Å². The summed E-state index contributed by atoms with van der Waals surface area (Å²) in [5.41, 5.74) is 0. The number of aliphatic hydroxyl groups is 1. The first-order valence-corrected chi connectivity index (χ1v) is 4.68. The van der Waals surface area contributed by atoms with Crippen molar-refractivity contribution >= 4 is 5.91 Å². The molecule has 2 N–H and O–H groups in total. The maximum atomic E-state index is 11.2. The van der Waals surface area contributed by atoms with Gasteiger partial charge in [0.1, 0.15) is 0 Å². The summed E-state index contributed by atoms with van der Waals surface area (Å²) in [6.07, 6.45) is -0.410. The molecule has 5 heteroatoms. The molecule has 0 aromatic rings. The number of carbonyl (C=O) groups excluding carboxylic acids is 1. The smallest absolute Gasteiger partial charge is 0.234 e. The Morgan fingerprint density at radius 1 is 1.64 bits per heavy atom. The maximum absolute atomic E-state index is 11.2. The van der Waals surface area contributed by atoms with Crippen molar-refractivity contribution in [3.05, 3.63) is 0 Å². The van der Waals surface area contributed by atoms with Gasteiger partial charge in [0.05, 0.1) is 19.3 Å². The minimum Gasteiger partial charge on any atom is -0.392 e. The average molecular weight is 204 g/mol. The van der Waals surface area contributed by atoms with E-state index >= 15 is 0 Å². The largest absolute Gasteiger partial charge is 0.392 e. The van der Waals surface area contributed by atoms with Gasteiger partial charge in [-0.1, -0.05) is 0 Å². The Morgan fingerprint density at radius 3 is 2.79 bits per heavy atom. The van der Waals surface area contributed by atoms with Crippen molar-refractivity contribution in [2.75, 3.05) is 40.4 Å². The average Bonchev–Trinajstić information content (AvgIpc) is 2.02. The van der Waals surface area contributed by atoms with Crippen LogP contribution in [0.5, 0.6) is 0 Å². The highest BCUT2D eigenvalue weighted by Crippen LogP contribution is 1.86. The molecule has 0 rings (SSSR count). The van der Waals surface area contributed by atoms with E-state index < -0.39 is 6.10 Å². The second-order valence-electron chi connectivity index (χ2n) is 3.39. The Hall–Kier alpha value is -0.650. The van der Waals surface area contributed by atoms with Crippen molar-refractivity contribution in [2.45, 2.75) is 13.0 Å². The number of hydrogen-bond donors (Lipinski definition) is 2. The molecule has 0 saturated carbocycles. The molecule has 14 heavy (non-hydrogen) atoms. The van der Waals surface area contributed by atoms with Crippen molar-refractivity contribution in [2.24, 2.45) is 0 Å². The van der Waals surface area contributed by atoms with E-state index in [2.05, 4.69) is 5.32 Å². The molecule has 0 bridgehead atoms. The van der Waals surface area contributed by atoms with Gasteiger partial charge in [0.15, 0.2) is 0 Å². The van der Waals surface area contributed by atoms with Gasteiger partial charge in [-0.2, -0.15) is 0 Å².